The zero-order valence-corrected chi connectivity index (χ0v) is 10.3. The number of likely N-dealkylation sites (tertiary alicyclic amines) is 1. The Labute approximate surface area is 110 Å². The van der Waals surface area contributed by atoms with E-state index in [9.17, 15) is 20.1 Å². The van der Waals surface area contributed by atoms with Gasteiger partial charge in [0, 0.05) is 25.0 Å². The first kappa shape index (κ1) is 13.6. The number of carboxylic acid groups (broad SMARTS) is 1. The third-order valence-corrected chi connectivity index (χ3v) is 3.57. The third-order valence-electron chi connectivity index (χ3n) is 3.57. The number of aromatic hydroxyl groups is 1. The van der Waals surface area contributed by atoms with Crippen molar-refractivity contribution in [3.8, 4) is 5.75 Å². The minimum Gasteiger partial charge on any atom is -0.508 e. The average Bonchev–Trinajstić information content (AvgIpc) is 2.39. The van der Waals surface area contributed by atoms with Gasteiger partial charge in [0.25, 0.3) is 0 Å². The molecule has 1 amide bonds. The number of aliphatic hydroxyl groups is 2. The first-order chi connectivity index (χ1) is 9.02. The molecule has 6 heteroatoms. The van der Waals surface area contributed by atoms with Gasteiger partial charge >= 0.3 is 6.09 Å². The van der Waals surface area contributed by atoms with Crippen LogP contribution in [0.15, 0.2) is 24.3 Å². The normalized spacial score (nSPS) is 27.3. The Kier molecular flexibility index (Phi) is 3.92. The van der Waals surface area contributed by atoms with E-state index in [1.807, 2.05) is 0 Å². The first-order valence-corrected chi connectivity index (χ1v) is 6.08. The Hall–Kier alpha value is -1.79. The van der Waals surface area contributed by atoms with Gasteiger partial charge in [-0.15, -0.1) is 0 Å². The predicted octanol–water partition coefficient (Wildman–Crippen LogP) is 0.439. The lowest BCUT2D eigenvalue weighted by Crippen LogP contribution is -2.51. The van der Waals surface area contributed by atoms with Gasteiger partial charge in [0.05, 0.1) is 12.6 Å². The second kappa shape index (κ2) is 5.46. The highest BCUT2D eigenvalue weighted by molar-refractivity contribution is 5.65. The Bertz CT molecular complexity index is 447. The molecular formula is C13H17NO5. The molecule has 0 spiro atoms. The highest BCUT2D eigenvalue weighted by Gasteiger charge is 2.38. The maximum atomic E-state index is 10.9. The van der Waals surface area contributed by atoms with Crippen LogP contribution in [-0.4, -0.2) is 57.2 Å². The molecule has 1 heterocycles. The topological polar surface area (TPSA) is 101 Å². The molecule has 1 saturated heterocycles. The Morgan fingerprint density at radius 3 is 2.42 bits per heavy atom. The summed E-state index contributed by atoms with van der Waals surface area (Å²) >= 11 is 0. The van der Waals surface area contributed by atoms with Gasteiger partial charge < -0.3 is 25.3 Å². The number of hydrogen-bond donors (Lipinski definition) is 4. The fourth-order valence-corrected chi connectivity index (χ4v) is 2.64. The molecule has 1 aliphatic rings. The van der Waals surface area contributed by atoms with Crippen LogP contribution in [0.2, 0.25) is 0 Å². The third kappa shape index (κ3) is 2.80. The summed E-state index contributed by atoms with van der Waals surface area (Å²) < 4.78 is 0. The van der Waals surface area contributed by atoms with E-state index in [0.29, 0.717) is 0 Å². The van der Waals surface area contributed by atoms with Crippen molar-refractivity contribution in [3.05, 3.63) is 29.8 Å². The van der Waals surface area contributed by atoms with Crippen LogP contribution >= 0.6 is 0 Å². The van der Waals surface area contributed by atoms with E-state index < -0.39 is 12.2 Å². The van der Waals surface area contributed by atoms with Gasteiger partial charge in [-0.25, -0.2) is 4.79 Å². The smallest absolute Gasteiger partial charge is 0.407 e. The van der Waals surface area contributed by atoms with Crippen molar-refractivity contribution in [2.75, 3.05) is 19.7 Å². The number of phenols is 1. The zero-order chi connectivity index (χ0) is 14.0. The van der Waals surface area contributed by atoms with Crippen LogP contribution in [0, 0.1) is 5.92 Å². The van der Waals surface area contributed by atoms with Gasteiger partial charge in [0.1, 0.15) is 5.75 Å². The number of aliphatic hydroxyl groups excluding tert-OH is 2. The van der Waals surface area contributed by atoms with Crippen LogP contribution in [0.1, 0.15) is 11.5 Å². The van der Waals surface area contributed by atoms with Gasteiger partial charge in [-0.2, -0.15) is 0 Å². The Balaban J connectivity index is 2.24. The molecule has 1 aromatic carbocycles. The van der Waals surface area contributed by atoms with E-state index >= 15 is 0 Å². The molecule has 1 fully saturated rings. The van der Waals surface area contributed by atoms with Crippen molar-refractivity contribution in [3.63, 3.8) is 0 Å². The summed E-state index contributed by atoms with van der Waals surface area (Å²) in [5.41, 5.74) is 0.786. The van der Waals surface area contributed by atoms with Crippen molar-refractivity contribution in [2.45, 2.75) is 12.0 Å². The van der Waals surface area contributed by atoms with Crippen LogP contribution < -0.4 is 0 Å². The molecule has 0 aliphatic carbocycles. The van der Waals surface area contributed by atoms with Crippen molar-refractivity contribution in [2.24, 2.45) is 5.92 Å². The lowest BCUT2D eigenvalue weighted by Gasteiger charge is -2.40. The van der Waals surface area contributed by atoms with Crippen LogP contribution in [0.3, 0.4) is 0 Å². The quantitative estimate of drug-likeness (QED) is 0.623. The summed E-state index contributed by atoms with van der Waals surface area (Å²) in [6.45, 7) is 0.0121. The lowest BCUT2D eigenvalue weighted by atomic mass is 9.79. The molecule has 1 aromatic rings. The molecule has 4 N–H and O–H groups in total. The van der Waals surface area contributed by atoms with Gasteiger partial charge in [0.15, 0.2) is 0 Å². The van der Waals surface area contributed by atoms with Gasteiger partial charge in [-0.3, -0.25) is 0 Å². The SMILES string of the molecule is O=C(O)N1CC(O)C(c2ccc(O)cc2)C(CO)C1. The molecule has 2 rings (SSSR count). The Morgan fingerprint density at radius 2 is 1.89 bits per heavy atom. The second-order valence-corrected chi connectivity index (χ2v) is 4.81. The van der Waals surface area contributed by atoms with E-state index in [1.165, 1.54) is 12.1 Å². The summed E-state index contributed by atoms with van der Waals surface area (Å²) in [7, 11) is 0. The summed E-state index contributed by atoms with van der Waals surface area (Å²) in [5, 5.41) is 37.8. The molecule has 104 valence electrons. The second-order valence-electron chi connectivity index (χ2n) is 4.81. The minimum absolute atomic E-state index is 0.0252. The molecule has 0 bridgehead atoms. The predicted molar refractivity (Wildman–Crippen MR) is 67.0 cm³/mol. The number of phenolic OH excluding ortho intramolecular Hbond substituents is 1. The first-order valence-electron chi connectivity index (χ1n) is 6.08. The highest BCUT2D eigenvalue weighted by Crippen LogP contribution is 2.33. The van der Waals surface area contributed by atoms with Gasteiger partial charge in [-0.05, 0) is 17.7 Å². The number of rotatable bonds is 2. The molecule has 3 unspecified atom stereocenters. The monoisotopic (exact) mass is 267 g/mol. The van der Waals surface area contributed by atoms with E-state index in [-0.39, 0.29) is 37.3 Å². The summed E-state index contributed by atoms with van der Waals surface area (Å²) in [6, 6.07) is 6.39. The summed E-state index contributed by atoms with van der Waals surface area (Å²) in [6.07, 6.45) is -1.96. The van der Waals surface area contributed by atoms with Crippen molar-refractivity contribution < 1.29 is 25.2 Å². The molecule has 19 heavy (non-hydrogen) atoms. The molecule has 0 radical (unpaired) electrons. The standard InChI is InChI=1S/C13H17NO5/c15-7-9-5-14(13(18)19)6-11(17)12(9)8-1-3-10(16)4-2-8/h1-4,9,11-12,15-17H,5-7H2,(H,18,19). The van der Waals surface area contributed by atoms with Gasteiger partial charge in [-0.1, -0.05) is 12.1 Å². The van der Waals surface area contributed by atoms with Crippen molar-refractivity contribution in [1.29, 1.82) is 0 Å². The van der Waals surface area contributed by atoms with Crippen LogP contribution in [0.5, 0.6) is 5.75 Å². The summed E-state index contributed by atoms with van der Waals surface area (Å²) in [5.74, 6) is -0.563. The van der Waals surface area contributed by atoms with E-state index in [0.717, 1.165) is 10.5 Å². The Morgan fingerprint density at radius 1 is 1.26 bits per heavy atom. The molecule has 0 aromatic heterocycles. The number of amides is 1. The van der Waals surface area contributed by atoms with E-state index in [4.69, 9.17) is 5.11 Å². The number of nitrogens with zero attached hydrogens (tertiary/aromatic N) is 1. The number of benzene rings is 1. The van der Waals surface area contributed by atoms with Crippen molar-refractivity contribution >= 4 is 6.09 Å². The fraction of sp³-hybridized carbons (Fsp3) is 0.462. The average molecular weight is 267 g/mol. The highest BCUT2D eigenvalue weighted by atomic mass is 16.4. The molecule has 0 saturated carbocycles. The van der Waals surface area contributed by atoms with Crippen LogP contribution in [0.4, 0.5) is 4.79 Å². The minimum atomic E-state index is -1.10. The van der Waals surface area contributed by atoms with Crippen LogP contribution in [-0.2, 0) is 0 Å². The molecular weight excluding hydrogens is 250 g/mol. The molecule has 1 aliphatic heterocycles. The number of hydrogen-bond acceptors (Lipinski definition) is 4. The zero-order valence-electron chi connectivity index (χ0n) is 10.3. The summed E-state index contributed by atoms with van der Waals surface area (Å²) in [4.78, 5) is 12.1. The molecule has 3 atom stereocenters. The number of piperidine rings is 1. The van der Waals surface area contributed by atoms with Gasteiger partial charge in [0.2, 0.25) is 0 Å². The maximum Gasteiger partial charge on any atom is 0.407 e. The number of β-amino-alcohol motifs (C(OH)–C–C–N with tert-alkyl or cyclic N) is 1. The van der Waals surface area contributed by atoms with Crippen molar-refractivity contribution in [1.82, 2.24) is 4.90 Å². The largest absolute Gasteiger partial charge is 0.508 e. The fourth-order valence-electron chi connectivity index (χ4n) is 2.64. The lowest BCUT2D eigenvalue weighted by molar-refractivity contribution is 0.00500. The number of carbonyl (C=O) groups is 1. The molecule has 6 nitrogen and oxygen atoms in total. The van der Waals surface area contributed by atoms with E-state index in [2.05, 4.69) is 0 Å². The van der Waals surface area contributed by atoms with Crippen LogP contribution in [0.25, 0.3) is 0 Å². The maximum absolute atomic E-state index is 10.9. The van der Waals surface area contributed by atoms with E-state index in [1.54, 1.807) is 12.1 Å².